The third kappa shape index (κ3) is 9.81. The normalized spacial score (nSPS) is 17.1. The van der Waals surface area contributed by atoms with Crippen LogP contribution in [0, 0.1) is 12.8 Å². The van der Waals surface area contributed by atoms with E-state index >= 15 is 0 Å². The summed E-state index contributed by atoms with van der Waals surface area (Å²) in [6, 6.07) is 27.5. The summed E-state index contributed by atoms with van der Waals surface area (Å²) < 4.78 is 15.2. The molecule has 69 heavy (non-hydrogen) atoms. The van der Waals surface area contributed by atoms with Crippen molar-refractivity contribution in [1.29, 1.82) is 0 Å². The first-order chi connectivity index (χ1) is 33.4. The maximum Gasteiger partial charge on any atom is 0.340 e. The SMILES string of the molecule is CCN(C(=O)Cn1c(C(=O)NC2CCC(C(=O)NCCCCCCCCNC(O)c3ccc4c(c3)C3(OC4=O)c4ccc(N)cc4Oc4cc(N)ccc43)CC2)cc2sccc21)c1cccc(C)c1. The monoisotopic (exact) mass is 951 g/mol. The van der Waals surface area contributed by atoms with Gasteiger partial charge in [0.05, 0.1) is 15.8 Å². The lowest BCUT2D eigenvalue weighted by Gasteiger charge is -2.36. The van der Waals surface area contributed by atoms with Gasteiger partial charge in [0.2, 0.25) is 11.8 Å². The minimum atomic E-state index is -1.30. The zero-order valence-electron chi connectivity index (χ0n) is 39.2. The minimum Gasteiger partial charge on any atom is -0.456 e. The number of unbranched alkanes of at least 4 members (excludes halogenated alkanes) is 5. The molecule has 15 heteroatoms. The van der Waals surface area contributed by atoms with Crippen molar-refractivity contribution in [3.05, 3.63) is 135 Å². The van der Waals surface area contributed by atoms with Gasteiger partial charge in [-0.05, 0) is 136 Å². The van der Waals surface area contributed by atoms with Crippen LogP contribution in [0.2, 0.25) is 0 Å². The van der Waals surface area contributed by atoms with E-state index in [0.717, 1.165) is 72.8 Å². The fraction of sp³-hybridized carbons (Fsp3) is 0.370. The molecule has 1 unspecified atom stereocenters. The van der Waals surface area contributed by atoms with Gasteiger partial charge in [0.15, 0.2) is 5.60 Å². The number of likely N-dealkylation sites (N-methyl/N-ethyl adjacent to an activating group) is 1. The Hall–Kier alpha value is -6.68. The number of carbonyl (C=O) groups excluding carboxylic acids is 4. The van der Waals surface area contributed by atoms with Crippen LogP contribution >= 0.6 is 11.3 Å². The molecule has 0 saturated heterocycles. The second-order valence-electron chi connectivity index (χ2n) is 18.5. The molecule has 14 nitrogen and oxygen atoms in total. The van der Waals surface area contributed by atoms with Gasteiger partial charge in [0, 0.05) is 70.9 Å². The lowest BCUT2D eigenvalue weighted by Crippen LogP contribution is -2.42. The zero-order valence-corrected chi connectivity index (χ0v) is 40.0. The van der Waals surface area contributed by atoms with Crippen LogP contribution in [-0.2, 0) is 26.5 Å². The molecule has 3 aliphatic rings. The number of aliphatic hydroxyl groups is 1. The number of nitrogens with one attached hydrogen (secondary N) is 3. The summed E-state index contributed by atoms with van der Waals surface area (Å²) >= 11 is 1.55. The smallest absolute Gasteiger partial charge is 0.340 e. The number of nitrogens with zero attached hydrogens (tertiary/aromatic N) is 2. The van der Waals surface area contributed by atoms with E-state index in [9.17, 15) is 24.3 Å². The number of hydrogen-bond donors (Lipinski definition) is 6. The number of fused-ring (bicyclic) bond motifs is 7. The number of ether oxygens (including phenoxy) is 2. The van der Waals surface area contributed by atoms with Gasteiger partial charge in [-0.1, -0.05) is 43.9 Å². The molecule has 2 aromatic heterocycles. The summed E-state index contributed by atoms with van der Waals surface area (Å²) in [6.45, 7) is 5.78. The number of nitrogens with two attached hydrogens (primary N) is 2. The van der Waals surface area contributed by atoms with Crippen molar-refractivity contribution in [2.75, 3.05) is 36.0 Å². The average Bonchev–Trinajstić information content (AvgIpc) is 4.02. The molecule has 3 amide bonds. The van der Waals surface area contributed by atoms with Crippen molar-refractivity contribution in [2.24, 2.45) is 5.92 Å². The fourth-order valence-electron chi connectivity index (χ4n) is 10.2. The number of benzene rings is 4. The Balaban J connectivity index is 0.677. The number of esters is 1. The molecule has 1 spiro atoms. The zero-order chi connectivity index (χ0) is 48.2. The van der Waals surface area contributed by atoms with Crippen LogP contribution in [-0.4, -0.2) is 59.0 Å². The predicted molar refractivity (Wildman–Crippen MR) is 269 cm³/mol. The number of aliphatic hydroxyl groups excluding tert-OH is 1. The molecule has 2 aliphatic heterocycles. The number of aryl methyl sites for hydroxylation is 1. The van der Waals surface area contributed by atoms with E-state index in [1.807, 2.05) is 78.4 Å². The summed E-state index contributed by atoms with van der Waals surface area (Å²) in [5.74, 6) is 0.206. The summed E-state index contributed by atoms with van der Waals surface area (Å²) in [5.41, 5.74) is 18.1. The van der Waals surface area contributed by atoms with Crippen molar-refractivity contribution in [1.82, 2.24) is 20.5 Å². The second-order valence-corrected chi connectivity index (χ2v) is 19.5. The summed E-state index contributed by atoms with van der Waals surface area (Å²) in [6.07, 6.45) is 7.78. The summed E-state index contributed by atoms with van der Waals surface area (Å²) in [5, 5.41) is 22.8. The van der Waals surface area contributed by atoms with Crippen molar-refractivity contribution < 1.29 is 33.8 Å². The molecule has 1 saturated carbocycles. The van der Waals surface area contributed by atoms with Gasteiger partial charge in [0.25, 0.3) is 5.91 Å². The van der Waals surface area contributed by atoms with Gasteiger partial charge < -0.3 is 46.1 Å². The molecule has 1 aliphatic carbocycles. The maximum absolute atomic E-state index is 13.7. The Bertz CT molecular complexity index is 2830. The van der Waals surface area contributed by atoms with E-state index in [1.54, 1.807) is 52.6 Å². The van der Waals surface area contributed by atoms with Crippen LogP contribution in [0.5, 0.6) is 11.5 Å². The number of hydrogen-bond acceptors (Lipinski definition) is 11. The van der Waals surface area contributed by atoms with Gasteiger partial charge in [-0.15, -0.1) is 11.3 Å². The first kappa shape index (κ1) is 47.4. The van der Waals surface area contributed by atoms with E-state index in [-0.39, 0.29) is 36.2 Å². The van der Waals surface area contributed by atoms with Crippen LogP contribution in [0.4, 0.5) is 17.1 Å². The Kier molecular flexibility index (Phi) is 14.1. The molecule has 0 radical (unpaired) electrons. The highest BCUT2D eigenvalue weighted by atomic mass is 32.1. The summed E-state index contributed by atoms with van der Waals surface area (Å²) in [4.78, 5) is 55.6. The van der Waals surface area contributed by atoms with Crippen LogP contribution in [0.15, 0.2) is 96.4 Å². The van der Waals surface area contributed by atoms with Gasteiger partial charge in [0.1, 0.15) is 30.0 Å². The highest BCUT2D eigenvalue weighted by Crippen LogP contribution is 2.57. The Labute approximate surface area is 406 Å². The number of anilines is 3. The number of carbonyl (C=O) groups is 4. The van der Waals surface area contributed by atoms with Crippen LogP contribution < -0.4 is 37.1 Å². The van der Waals surface area contributed by atoms with E-state index < -0.39 is 17.8 Å². The number of amides is 3. The largest absolute Gasteiger partial charge is 0.456 e. The van der Waals surface area contributed by atoms with Crippen molar-refractivity contribution >= 4 is 62.3 Å². The quantitative estimate of drug-likeness (QED) is 0.0209. The number of aromatic nitrogens is 1. The van der Waals surface area contributed by atoms with Crippen molar-refractivity contribution in [3.8, 4) is 11.5 Å². The molecule has 6 aromatic rings. The molecule has 9 rings (SSSR count). The molecule has 1 atom stereocenters. The molecule has 4 aromatic carbocycles. The molecule has 1 fully saturated rings. The van der Waals surface area contributed by atoms with Crippen molar-refractivity contribution in [2.45, 2.75) is 102 Å². The van der Waals surface area contributed by atoms with E-state index in [0.29, 0.717) is 88.9 Å². The van der Waals surface area contributed by atoms with Gasteiger partial charge in [-0.25, -0.2) is 4.79 Å². The fourth-order valence-corrected chi connectivity index (χ4v) is 11.0. The highest BCUT2D eigenvalue weighted by molar-refractivity contribution is 7.17. The first-order valence-electron chi connectivity index (χ1n) is 24.2. The van der Waals surface area contributed by atoms with Crippen LogP contribution in [0.3, 0.4) is 0 Å². The first-order valence-corrected chi connectivity index (χ1v) is 25.1. The van der Waals surface area contributed by atoms with Crippen molar-refractivity contribution in [3.63, 3.8) is 0 Å². The Morgan fingerprint density at radius 1 is 0.841 bits per heavy atom. The molecular weight excluding hydrogens is 891 g/mol. The third-order valence-corrected chi connectivity index (χ3v) is 14.7. The highest BCUT2D eigenvalue weighted by Gasteiger charge is 2.54. The molecule has 8 N–H and O–H groups in total. The van der Waals surface area contributed by atoms with Gasteiger partial charge in [-0.3, -0.25) is 19.7 Å². The third-order valence-electron chi connectivity index (χ3n) is 13.8. The molecule has 0 bridgehead atoms. The van der Waals surface area contributed by atoms with E-state index in [2.05, 4.69) is 16.0 Å². The topological polar surface area (TPSA) is 203 Å². The van der Waals surface area contributed by atoms with Crippen LogP contribution in [0.1, 0.15) is 126 Å². The van der Waals surface area contributed by atoms with E-state index in [4.69, 9.17) is 20.9 Å². The maximum atomic E-state index is 13.7. The molecule has 360 valence electrons. The lowest BCUT2D eigenvalue weighted by molar-refractivity contribution is -0.126. The molecule has 4 heterocycles. The Morgan fingerprint density at radius 3 is 2.23 bits per heavy atom. The average molecular weight is 952 g/mol. The lowest BCUT2D eigenvalue weighted by atomic mass is 9.77. The second kappa shape index (κ2) is 20.5. The number of nitrogen functional groups attached to an aromatic ring is 2. The molecular formula is C54H61N7O7S. The predicted octanol–water partition coefficient (Wildman–Crippen LogP) is 8.82. The van der Waals surface area contributed by atoms with Crippen LogP contribution in [0.25, 0.3) is 10.2 Å². The van der Waals surface area contributed by atoms with Gasteiger partial charge in [-0.2, -0.15) is 0 Å². The standard InChI is InChI=1S/C54H61N7O7S/c1-3-60(39-12-10-11-33(2)27-39)49(62)32-61-44-23-26-69-48(44)31-45(61)52(65)59-38-18-13-34(14-19-38)50(63)57-24-8-6-4-5-7-9-25-58-51(64)35-15-20-40-43(28-35)54(68-53(40)66)41-21-16-36(55)29-46(41)67-47-30-37(56)17-22-42(47)54/h10-12,15-17,20-23,26-31,34,38,51,58,64H,3-9,13-14,18-19,24-25,32,55-56H2,1-2H3,(H,57,63)(H,59,65). The number of thiophene rings is 1. The number of rotatable bonds is 18. The van der Waals surface area contributed by atoms with Gasteiger partial charge >= 0.3 is 5.97 Å². The Morgan fingerprint density at radius 2 is 1.54 bits per heavy atom. The van der Waals surface area contributed by atoms with E-state index in [1.165, 1.54) is 0 Å². The minimum absolute atomic E-state index is 0.0400. The summed E-state index contributed by atoms with van der Waals surface area (Å²) in [7, 11) is 0.